The molecule has 1 unspecified atom stereocenters. The molecule has 6 nitrogen and oxygen atoms in total. The van der Waals surface area contributed by atoms with Crippen molar-refractivity contribution in [3.8, 4) is 0 Å². The van der Waals surface area contributed by atoms with E-state index in [0.717, 1.165) is 30.7 Å². The largest absolute Gasteiger partial charge is 0.320 e. The van der Waals surface area contributed by atoms with E-state index in [-0.39, 0.29) is 35.4 Å². The molecule has 38 heavy (non-hydrogen) atoms. The molecule has 0 bridgehead atoms. The lowest BCUT2D eigenvalue weighted by atomic mass is 9.71. The zero-order valence-electron chi connectivity index (χ0n) is 21.6. The summed E-state index contributed by atoms with van der Waals surface area (Å²) in [5.74, 6) is 0.371. The molecule has 2 saturated carbocycles. The standard InChI is InChI=1S/C29H32F3N5O/c1-29(7-4-8-29)33-14-17-9-22(26(31)32)24-15-37(28(38)23(24)10-17)21-6-3-5-18(13-21)25(19-11-20(30)12-19)27-35-34-16-36(27)2/h3,5-6,9-10,13,16,19-20,25-26,33H,4,7-8,11-12,14-15H2,1-2H3. The first-order valence-electron chi connectivity index (χ1n) is 13.3. The zero-order valence-corrected chi connectivity index (χ0v) is 21.6. The van der Waals surface area contributed by atoms with E-state index in [1.165, 1.54) is 0 Å². The molecule has 1 atom stereocenters. The minimum absolute atomic E-state index is 0.0301. The number of fused-ring (bicyclic) bond motifs is 1. The molecule has 2 aliphatic carbocycles. The van der Waals surface area contributed by atoms with Crippen LogP contribution in [0.1, 0.15) is 89.8 Å². The summed E-state index contributed by atoms with van der Waals surface area (Å²) in [6.45, 7) is 2.68. The lowest BCUT2D eigenvalue weighted by molar-refractivity contribution is 0.0996. The first kappa shape index (κ1) is 25.1. The van der Waals surface area contributed by atoms with Gasteiger partial charge in [-0.15, -0.1) is 10.2 Å². The van der Waals surface area contributed by atoms with Crippen LogP contribution >= 0.6 is 0 Å². The van der Waals surface area contributed by atoms with Gasteiger partial charge in [0.1, 0.15) is 18.3 Å². The summed E-state index contributed by atoms with van der Waals surface area (Å²) in [6.07, 6.45) is 2.31. The van der Waals surface area contributed by atoms with Crippen LogP contribution in [0.15, 0.2) is 42.7 Å². The van der Waals surface area contributed by atoms with Crippen molar-refractivity contribution in [3.63, 3.8) is 0 Å². The van der Waals surface area contributed by atoms with Gasteiger partial charge in [0, 0.05) is 41.9 Å². The summed E-state index contributed by atoms with van der Waals surface area (Å²) < 4.78 is 44.0. The Balaban J connectivity index is 1.31. The van der Waals surface area contributed by atoms with E-state index in [1.54, 1.807) is 23.4 Å². The fourth-order valence-electron chi connectivity index (χ4n) is 6.16. The Labute approximate surface area is 220 Å². The van der Waals surface area contributed by atoms with Gasteiger partial charge in [-0.3, -0.25) is 4.79 Å². The Kier molecular flexibility index (Phi) is 6.29. The van der Waals surface area contributed by atoms with Gasteiger partial charge >= 0.3 is 0 Å². The summed E-state index contributed by atoms with van der Waals surface area (Å²) in [5, 5.41) is 11.8. The molecule has 2 fully saturated rings. The second-order valence-electron chi connectivity index (χ2n) is 11.4. The predicted molar refractivity (Wildman–Crippen MR) is 138 cm³/mol. The highest BCUT2D eigenvalue weighted by molar-refractivity contribution is 6.10. The summed E-state index contributed by atoms with van der Waals surface area (Å²) in [4.78, 5) is 15.2. The highest BCUT2D eigenvalue weighted by Crippen LogP contribution is 2.45. The van der Waals surface area contributed by atoms with Gasteiger partial charge in [0.15, 0.2) is 0 Å². The van der Waals surface area contributed by atoms with Gasteiger partial charge in [0.25, 0.3) is 12.3 Å². The average Bonchev–Trinajstić information content (AvgIpc) is 3.43. The topological polar surface area (TPSA) is 63.1 Å². The summed E-state index contributed by atoms with van der Waals surface area (Å²) in [7, 11) is 1.86. The van der Waals surface area contributed by atoms with Crippen LogP contribution < -0.4 is 10.2 Å². The SMILES string of the molecule is Cn1cnnc1C(c1cccc(N2Cc3c(cc(CNC4(C)CCC4)cc3C(F)F)C2=O)c1)C1CC(F)C1. The number of aryl methyl sites for hydroxylation is 1. The van der Waals surface area contributed by atoms with Crippen LogP contribution in [0.2, 0.25) is 0 Å². The highest BCUT2D eigenvalue weighted by Gasteiger charge is 2.40. The van der Waals surface area contributed by atoms with Gasteiger partial charge in [-0.2, -0.15) is 0 Å². The molecule has 3 aromatic rings. The first-order chi connectivity index (χ1) is 18.2. The van der Waals surface area contributed by atoms with Crippen molar-refractivity contribution in [1.82, 2.24) is 20.1 Å². The lowest BCUT2D eigenvalue weighted by Crippen LogP contribution is -2.47. The molecule has 0 radical (unpaired) electrons. The quantitative estimate of drug-likeness (QED) is 0.404. The molecule has 1 N–H and O–H groups in total. The Hall–Kier alpha value is -3.20. The van der Waals surface area contributed by atoms with E-state index in [4.69, 9.17) is 0 Å². The zero-order chi connectivity index (χ0) is 26.6. The summed E-state index contributed by atoms with van der Waals surface area (Å²) in [5.41, 5.74) is 2.92. The van der Waals surface area contributed by atoms with Gasteiger partial charge < -0.3 is 14.8 Å². The van der Waals surface area contributed by atoms with E-state index >= 15 is 0 Å². The fourth-order valence-corrected chi connectivity index (χ4v) is 6.16. The molecule has 3 aliphatic rings. The Morgan fingerprint density at radius 3 is 2.61 bits per heavy atom. The van der Waals surface area contributed by atoms with Gasteiger partial charge in [-0.1, -0.05) is 12.1 Å². The number of aromatic nitrogens is 3. The molecule has 1 aliphatic heterocycles. The van der Waals surface area contributed by atoms with E-state index < -0.39 is 12.6 Å². The van der Waals surface area contributed by atoms with Gasteiger partial charge in [-0.05, 0) is 85.9 Å². The van der Waals surface area contributed by atoms with Crippen molar-refractivity contribution in [2.75, 3.05) is 4.90 Å². The Bertz CT molecular complexity index is 1360. The number of nitrogens with zero attached hydrogens (tertiary/aromatic N) is 4. The Morgan fingerprint density at radius 2 is 1.97 bits per heavy atom. The third-order valence-electron chi connectivity index (χ3n) is 8.70. The molecule has 1 aromatic heterocycles. The molecule has 2 aromatic carbocycles. The average molecular weight is 524 g/mol. The normalized spacial score (nSPS) is 22.8. The van der Waals surface area contributed by atoms with Gasteiger partial charge in [-0.25, -0.2) is 13.2 Å². The fraction of sp³-hybridized carbons (Fsp3) is 0.483. The second-order valence-corrected chi connectivity index (χ2v) is 11.4. The Morgan fingerprint density at radius 1 is 1.18 bits per heavy atom. The molecular weight excluding hydrogens is 491 g/mol. The summed E-state index contributed by atoms with van der Waals surface area (Å²) in [6, 6.07) is 10.9. The van der Waals surface area contributed by atoms with Crippen molar-refractivity contribution in [2.24, 2.45) is 13.0 Å². The predicted octanol–water partition coefficient (Wildman–Crippen LogP) is 5.83. The number of benzene rings is 2. The summed E-state index contributed by atoms with van der Waals surface area (Å²) >= 11 is 0. The number of amides is 1. The maximum atomic E-state index is 14.1. The smallest absolute Gasteiger partial charge is 0.264 e. The number of hydrogen-bond acceptors (Lipinski definition) is 4. The number of hydrogen-bond donors (Lipinski definition) is 1. The number of carbonyl (C=O) groups excluding carboxylic acids is 1. The minimum atomic E-state index is -2.67. The first-order valence-corrected chi connectivity index (χ1v) is 13.3. The van der Waals surface area contributed by atoms with Crippen LogP contribution in [0, 0.1) is 5.92 Å². The van der Waals surface area contributed by atoms with E-state index in [1.807, 2.05) is 35.9 Å². The number of anilines is 1. The number of rotatable bonds is 8. The number of carbonyl (C=O) groups is 1. The molecule has 2 heterocycles. The van der Waals surface area contributed by atoms with Crippen LogP contribution in [-0.2, 0) is 20.1 Å². The third-order valence-corrected chi connectivity index (χ3v) is 8.70. The highest BCUT2D eigenvalue weighted by atomic mass is 19.3. The van der Waals surface area contributed by atoms with E-state index in [0.29, 0.717) is 41.8 Å². The molecule has 9 heteroatoms. The van der Waals surface area contributed by atoms with Crippen molar-refractivity contribution >= 4 is 11.6 Å². The molecule has 200 valence electrons. The molecular formula is C29H32F3N5O. The molecule has 1 amide bonds. The van der Waals surface area contributed by atoms with Crippen LogP contribution in [-0.4, -0.2) is 32.4 Å². The molecule has 6 rings (SSSR count). The van der Waals surface area contributed by atoms with Crippen LogP contribution in [0.3, 0.4) is 0 Å². The molecule has 0 saturated heterocycles. The maximum Gasteiger partial charge on any atom is 0.264 e. The van der Waals surface area contributed by atoms with E-state index in [9.17, 15) is 18.0 Å². The van der Waals surface area contributed by atoms with Crippen LogP contribution in [0.4, 0.5) is 18.9 Å². The van der Waals surface area contributed by atoms with Crippen LogP contribution in [0.25, 0.3) is 0 Å². The monoisotopic (exact) mass is 523 g/mol. The van der Waals surface area contributed by atoms with Crippen molar-refractivity contribution in [2.45, 2.75) is 76.2 Å². The van der Waals surface area contributed by atoms with Crippen molar-refractivity contribution in [1.29, 1.82) is 0 Å². The lowest BCUT2D eigenvalue weighted by Gasteiger charge is -2.39. The van der Waals surface area contributed by atoms with Crippen molar-refractivity contribution < 1.29 is 18.0 Å². The number of halogens is 3. The second kappa shape index (κ2) is 9.52. The van der Waals surface area contributed by atoms with Crippen molar-refractivity contribution in [3.05, 3.63) is 76.4 Å². The third kappa shape index (κ3) is 4.40. The van der Waals surface area contributed by atoms with Crippen LogP contribution in [0.5, 0.6) is 0 Å². The minimum Gasteiger partial charge on any atom is -0.320 e. The molecule has 0 spiro atoms. The van der Waals surface area contributed by atoms with Gasteiger partial charge in [0.2, 0.25) is 0 Å². The van der Waals surface area contributed by atoms with Gasteiger partial charge in [0.05, 0.1) is 6.54 Å². The maximum absolute atomic E-state index is 14.1. The van der Waals surface area contributed by atoms with E-state index in [2.05, 4.69) is 22.4 Å². The number of alkyl halides is 3. The number of nitrogens with one attached hydrogen (secondary N) is 1.